The molecular formula is C22H19F3N2. The van der Waals surface area contributed by atoms with Crippen LogP contribution in [0.5, 0.6) is 0 Å². The van der Waals surface area contributed by atoms with E-state index in [0.717, 1.165) is 23.4 Å². The zero-order valence-corrected chi connectivity index (χ0v) is 15.0. The number of nitrogens with zero attached hydrogens (tertiary/aromatic N) is 1. The first-order chi connectivity index (χ1) is 12.7. The summed E-state index contributed by atoms with van der Waals surface area (Å²) in [6.45, 7) is 4.33. The number of halogens is 3. The molecule has 2 N–H and O–H groups in total. The van der Waals surface area contributed by atoms with Crippen LogP contribution in [0.4, 0.5) is 24.5 Å². The molecular weight excluding hydrogens is 349 g/mol. The van der Waals surface area contributed by atoms with Gasteiger partial charge in [-0.25, -0.2) is 5.84 Å². The van der Waals surface area contributed by atoms with Crippen LogP contribution in [0.25, 0.3) is 11.1 Å². The predicted molar refractivity (Wildman–Crippen MR) is 102 cm³/mol. The van der Waals surface area contributed by atoms with E-state index in [1.165, 1.54) is 33.8 Å². The van der Waals surface area contributed by atoms with Crippen LogP contribution in [0.1, 0.15) is 30.5 Å². The van der Waals surface area contributed by atoms with Crippen LogP contribution in [-0.2, 0) is 11.6 Å². The number of hydrogen-bond acceptors (Lipinski definition) is 2. The standard InChI is InChI=1S/C22H19F3N2/c1-21(2)19-6-4-3-5-17(19)18-12-11-16(13-20(18)21)27(26)15-9-7-14(8-10-15)22(23,24)25/h3-13H,26H2,1-2H3. The van der Waals surface area contributed by atoms with Gasteiger partial charge >= 0.3 is 6.18 Å². The van der Waals surface area contributed by atoms with Crippen molar-refractivity contribution in [1.29, 1.82) is 0 Å². The summed E-state index contributed by atoms with van der Waals surface area (Å²) in [7, 11) is 0. The number of benzene rings is 3. The fourth-order valence-electron chi connectivity index (χ4n) is 3.80. The van der Waals surface area contributed by atoms with E-state index in [1.54, 1.807) is 0 Å². The average Bonchev–Trinajstić information content (AvgIpc) is 2.88. The Morgan fingerprint density at radius 2 is 1.37 bits per heavy atom. The van der Waals surface area contributed by atoms with Crippen molar-refractivity contribution in [2.24, 2.45) is 5.84 Å². The lowest BCUT2D eigenvalue weighted by atomic mass is 9.82. The Bertz CT molecular complexity index is 1000. The van der Waals surface area contributed by atoms with Crippen LogP contribution in [0.15, 0.2) is 66.7 Å². The molecule has 0 saturated carbocycles. The largest absolute Gasteiger partial charge is 0.416 e. The Morgan fingerprint density at radius 1 is 0.778 bits per heavy atom. The highest BCUT2D eigenvalue weighted by molar-refractivity contribution is 5.83. The summed E-state index contributed by atoms with van der Waals surface area (Å²) in [5, 5.41) is 1.42. The molecule has 0 radical (unpaired) electrons. The number of anilines is 2. The van der Waals surface area contributed by atoms with Crippen LogP contribution in [-0.4, -0.2) is 0 Å². The van der Waals surface area contributed by atoms with Crippen molar-refractivity contribution in [3.05, 3.63) is 83.4 Å². The maximum atomic E-state index is 12.8. The van der Waals surface area contributed by atoms with Crippen molar-refractivity contribution in [2.75, 3.05) is 5.01 Å². The van der Waals surface area contributed by atoms with E-state index < -0.39 is 11.7 Å². The molecule has 1 aliphatic rings. The fourth-order valence-corrected chi connectivity index (χ4v) is 3.80. The molecule has 0 atom stereocenters. The van der Waals surface area contributed by atoms with E-state index in [1.807, 2.05) is 30.3 Å². The Morgan fingerprint density at radius 3 is 2.04 bits per heavy atom. The first kappa shape index (κ1) is 17.6. The SMILES string of the molecule is CC1(C)c2ccccc2-c2ccc(N(N)c3ccc(C(F)(F)F)cc3)cc21. The molecule has 138 valence electrons. The summed E-state index contributed by atoms with van der Waals surface area (Å²) in [5.74, 6) is 6.22. The Balaban J connectivity index is 1.72. The lowest BCUT2D eigenvalue weighted by Crippen LogP contribution is -2.25. The molecule has 1 aliphatic carbocycles. The maximum Gasteiger partial charge on any atom is 0.416 e. The molecule has 0 heterocycles. The van der Waals surface area contributed by atoms with E-state index in [-0.39, 0.29) is 5.41 Å². The number of rotatable bonds is 2. The number of fused-ring (bicyclic) bond motifs is 3. The van der Waals surface area contributed by atoms with Gasteiger partial charge in [-0.05, 0) is 58.7 Å². The smallest absolute Gasteiger partial charge is 0.280 e. The van der Waals surface area contributed by atoms with Gasteiger partial charge in [0.1, 0.15) is 0 Å². The van der Waals surface area contributed by atoms with Gasteiger partial charge in [0, 0.05) is 5.41 Å². The lowest BCUT2D eigenvalue weighted by Gasteiger charge is -2.24. The second-order valence-corrected chi connectivity index (χ2v) is 7.32. The molecule has 4 rings (SSSR count). The quantitative estimate of drug-likeness (QED) is 0.442. The van der Waals surface area contributed by atoms with Crippen LogP contribution >= 0.6 is 0 Å². The first-order valence-corrected chi connectivity index (χ1v) is 8.66. The second-order valence-electron chi connectivity index (χ2n) is 7.32. The minimum Gasteiger partial charge on any atom is -0.280 e. The molecule has 3 aromatic rings. The van der Waals surface area contributed by atoms with E-state index >= 15 is 0 Å². The third-order valence-corrected chi connectivity index (χ3v) is 5.32. The van der Waals surface area contributed by atoms with Crippen LogP contribution < -0.4 is 10.9 Å². The number of hydrogen-bond donors (Lipinski definition) is 1. The zero-order chi connectivity index (χ0) is 19.4. The Kier molecular flexibility index (Phi) is 3.82. The summed E-state index contributed by atoms with van der Waals surface area (Å²) in [6, 6.07) is 19.1. The first-order valence-electron chi connectivity index (χ1n) is 8.66. The van der Waals surface area contributed by atoms with Gasteiger partial charge in [0.05, 0.1) is 16.9 Å². The van der Waals surface area contributed by atoms with E-state index in [2.05, 4.69) is 26.0 Å². The average molecular weight is 368 g/mol. The molecule has 27 heavy (non-hydrogen) atoms. The molecule has 0 unspecified atom stereocenters. The highest BCUT2D eigenvalue weighted by atomic mass is 19.4. The number of nitrogens with two attached hydrogens (primary N) is 1. The van der Waals surface area contributed by atoms with E-state index in [0.29, 0.717) is 5.69 Å². The van der Waals surface area contributed by atoms with E-state index in [4.69, 9.17) is 5.84 Å². The van der Waals surface area contributed by atoms with Gasteiger partial charge in [-0.1, -0.05) is 44.2 Å². The lowest BCUT2D eigenvalue weighted by molar-refractivity contribution is -0.137. The Labute approximate surface area is 156 Å². The van der Waals surface area contributed by atoms with Crippen LogP contribution in [0.2, 0.25) is 0 Å². The minimum atomic E-state index is -4.36. The van der Waals surface area contributed by atoms with Crippen LogP contribution in [0, 0.1) is 0 Å². The van der Waals surface area contributed by atoms with Crippen molar-refractivity contribution in [2.45, 2.75) is 25.4 Å². The summed E-state index contributed by atoms with van der Waals surface area (Å²) in [4.78, 5) is 0. The van der Waals surface area contributed by atoms with Crippen molar-refractivity contribution in [3.63, 3.8) is 0 Å². The fraction of sp³-hybridized carbons (Fsp3) is 0.182. The van der Waals surface area contributed by atoms with Gasteiger partial charge in [-0.15, -0.1) is 0 Å². The molecule has 0 saturated heterocycles. The molecule has 0 bridgehead atoms. The third-order valence-electron chi connectivity index (χ3n) is 5.32. The van der Waals surface area contributed by atoms with Crippen molar-refractivity contribution in [3.8, 4) is 11.1 Å². The third kappa shape index (κ3) is 2.79. The predicted octanol–water partition coefficient (Wildman–Crippen LogP) is 6.02. The topological polar surface area (TPSA) is 29.3 Å². The second kappa shape index (κ2) is 5.86. The molecule has 0 aliphatic heterocycles. The van der Waals surface area contributed by atoms with Crippen molar-refractivity contribution in [1.82, 2.24) is 0 Å². The van der Waals surface area contributed by atoms with Crippen molar-refractivity contribution >= 4 is 11.4 Å². The molecule has 2 nitrogen and oxygen atoms in total. The van der Waals surface area contributed by atoms with Gasteiger partial charge in [0.15, 0.2) is 0 Å². The molecule has 3 aromatic carbocycles. The van der Waals surface area contributed by atoms with Gasteiger partial charge in [-0.2, -0.15) is 13.2 Å². The number of hydrazine groups is 1. The molecule has 0 spiro atoms. The summed E-state index contributed by atoms with van der Waals surface area (Å²) < 4.78 is 38.3. The van der Waals surface area contributed by atoms with Crippen LogP contribution in [0.3, 0.4) is 0 Å². The summed E-state index contributed by atoms with van der Waals surface area (Å²) in [5.41, 5.74) is 5.17. The monoisotopic (exact) mass is 368 g/mol. The zero-order valence-electron chi connectivity index (χ0n) is 15.0. The van der Waals surface area contributed by atoms with E-state index in [9.17, 15) is 13.2 Å². The molecule has 5 heteroatoms. The van der Waals surface area contributed by atoms with Gasteiger partial charge in [0.2, 0.25) is 0 Å². The van der Waals surface area contributed by atoms with Gasteiger partial charge in [0.25, 0.3) is 0 Å². The van der Waals surface area contributed by atoms with Crippen molar-refractivity contribution < 1.29 is 13.2 Å². The number of alkyl halides is 3. The summed E-state index contributed by atoms with van der Waals surface area (Å²) in [6.07, 6.45) is -4.36. The highest BCUT2D eigenvalue weighted by Crippen LogP contribution is 2.49. The summed E-state index contributed by atoms with van der Waals surface area (Å²) >= 11 is 0. The maximum absolute atomic E-state index is 12.8. The normalized spacial score (nSPS) is 14.6. The molecule has 0 aromatic heterocycles. The molecule has 0 amide bonds. The minimum absolute atomic E-state index is 0.164. The molecule has 0 fully saturated rings. The Hall–Kier alpha value is -2.79. The highest BCUT2D eigenvalue weighted by Gasteiger charge is 2.35. The van der Waals surface area contributed by atoms with Gasteiger partial charge in [-0.3, -0.25) is 5.01 Å². The van der Waals surface area contributed by atoms with Gasteiger partial charge < -0.3 is 0 Å².